The van der Waals surface area contributed by atoms with Crippen LogP contribution in [0.1, 0.15) is 51.9 Å². The maximum Gasteiger partial charge on any atom is 0.0332 e. The van der Waals surface area contributed by atoms with Gasteiger partial charge in [-0.15, -0.1) is 0 Å². The molecule has 2 unspecified atom stereocenters. The SMILES string of the molecule is CC1CCCC(CN)(N2CCN(C3CC3)CC2)CC1. The predicted octanol–water partition coefficient (Wildman–Crippen LogP) is 2.06. The van der Waals surface area contributed by atoms with Crippen LogP contribution in [0.3, 0.4) is 0 Å². The van der Waals surface area contributed by atoms with Crippen molar-refractivity contribution < 1.29 is 0 Å². The van der Waals surface area contributed by atoms with Crippen LogP contribution in [0, 0.1) is 5.92 Å². The Balaban J connectivity index is 1.61. The Kier molecular flexibility index (Phi) is 4.16. The molecular weight excluding hydrogens is 234 g/mol. The minimum Gasteiger partial charge on any atom is -0.329 e. The fraction of sp³-hybridized carbons (Fsp3) is 1.00. The Morgan fingerprint density at radius 3 is 2.37 bits per heavy atom. The van der Waals surface area contributed by atoms with Gasteiger partial charge in [-0.1, -0.05) is 19.8 Å². The van der Waals surface area contributed by atoms with Crippen molar-refractivity contribution in [3.8, 4) is 0 Å². The van der Waals surface area contributed by atoms with Crippen molar-refractivity contribution in [2.24, 2.45) is 11.7 Å². The third-order valence-electron chi connectivity index (χ3n) is 5.87. The van der Waals surface area contributed by atoms with Gasteiger partial charge in [0.2, 0.25) is 0 Å². The Morgan fingerprint density at radius 2 is 1.74 bits per heavy atom. The molecule has 3 heteroatoms. The van der Waals surface area contributed by atoms with E-state index in [9.17, 15) is 0 Å². The van der Waals surface area contributed by atoms with E-state index in [2.05, 4.69) is 16.7 Å². The topological polar surface area (TPSA) is 32.5 Å². The Labute approximate surface area is 118 Å². The van der Waals surface area contributed by atoms with Gasteiger partial charge in [-0.05, 0) is 38.0 Å². The van der Waals surface area contributed by atoms with E-state index in [4.69, 9.17) is 5.73 Å². The van der Waals surface area contributed by atoms with Crippen LogP contribution in [-0.2, 0) is 0 Å². The molecule has 0 aromatic heterocycles. The lowest BCUT2D eigenvalue weighted by atomic mass is 9.87. The first-order valence-electron chi connectivity index (χ1n) is 8.43. The summed E-state index contributed by atoms with van der Waals surface area (Å²) in [5.74, 6) is 0.904. The maximum absolute atomic E-state index is 6.24. The summed E-state index contributed by atoms with van der Waals surface area (Å²) in [5.41, 5.74) is 6.57. The number of piperazine rings is 1. The number of hydrogen-bond donors (Lipinski definition) is 1. The molecule has 0 aromatic carbocycles. The molecule has 1 heterocycles. The summed E-state index contributed by atoms with van der Waals surface area (Å²) in [6.45, 7) is 8.34. The smallest absolute Gasteiger partial charge is 0.0332 e. The second-order valence-corrected chi connectivity index (χ2v) is 7.22. The molecule has 0 aromatic rings. The van der Waals surface area contributed by atoms with Crippen LogP contribution in [0.15, 0.2) is 0 Å². The van der Waals surface area contributed by atoms with Crippen LogP contribution in [0.4, 0.5) is 0 Å². The van der Waals surface area contributed by atoms with Gasteiger partial charge in [0.15, 0.2) is 0 Å². The fourth-order valence-corrected chi connectivity index (χ4v) is 4.21. The van der Waals surface area contributed by atoms with E-state index in [0.29, 0.717) is 5.54 Å². The Morgan fingerprint density at radius 1 is 1.00 bits per heavy atom. The molecule has 0 radical (unpaired) electrons. The van der Waals surface area contributed by atoms with Crippen LogP contribution < -0.4 is 5.73 Å². The van der Waals surface area contributed by atoms with Crippen LogP contribution in [0.25, 0.3) is 0 Å². The van der Waals surface area contributed by atoms with E-state index in [0.717, 1.165) is 18.5 Å². The normalized spacial score (nSPS) is 39.2. The van der Waals surface area contributed by atoms with Gasteiger partial charge in [0.05, 0.1) is 0 Å². The Bertz CT molecular complexity index is 294. The van der Waals surface area contributed by atoms with Crippen molar-refractivity contribution in [3.05, 3.63) is 0 Å². The highest BCUT2D eigenvalue weighted by atomic mass is 15.3. The van der Waals surface area contributed by atoms with Crippen LogP contribution in [-0.4, -0.2) is 54.1 Å². The molecule has 3 rings (SSSR count). The third-order valence-corrected chi connectivity index (χ3v) is 5.87. The molecular formula is C16H31N3. The van der Waals surface area contributed by atoms with E-state index in [1.165, 1.54) is 71.1 Å². The molecule has 2 aliphatic carbocycles. The van der Waals surface area contributed by atoms with Crippen LogP contribution in [0.2, 0.25) is 0 Å². The monoisotopic (exact) mass is 265 g/mol. The first kappa shape index (κ1) is 13.8. The lowest BCUT2D eigenvalue weighted by Gasteiger charge is -2.47. The summed E-state index contributed by atoms with van der Waals surface area (Å²) >= 11 is 0. The maximum atomic E-state index is 6.24. The molecule has 0 bridgehead atoms. The van der Waals surface area contributed by atoms with Gasteiger partial charge in [0.1, 0.15) is 0 Å². The number of hydrogen-bond acceptors (Lipinski definition) is 3. The summed E-state index contributed by atoms with van der Waals surface area (Å²) in [6, 6.07) is 0.935. The van der Waals surface area contributed by atoms with E-state index in [1.807, 2.05) is 0 Å². The Hall–Kier alpha value is -0.120. The van der Waals surface area contributed by atoms with Crippen molar-refractivity contribution in [1.29, 1.82) is 0 Å². The van der Waals surface area contributed by atoms with Gasteiger partial charge in [0, 0.05) is 44.3 Å². The zero-order chi connectivity index (χ0) is 13.3. The van der Waals surface area contributed by atoms with Gasteiger partial charge in [0.25, 0.3) is 0 Å². The lowest BCUT2D eigenvalue weighted by Crippen LogP contribution is -2.60. The molecule has 2 atom stereocenters. The first-order chi connectivity index (χ1) is 9.23. The zero-order valence-electron chi connectivity index (χ0n) is 12.6. The number of rotatable bonds is 3. The molecule has 0 spiro atoms. The highest BCUT2D eigenvalue weighted by Crippen LogP contribution is 2.36. The molecule has 19 heavy (non-hydrogen) atoms. The van der Waals surface area contributed by atoms with Crippen molar-refractivity contribution in [3.63, 3.8) is 0 Å². The van der Waals surface area contributed by atoms with E-state index in [1.54, 1.807) is 0 Å². The zero-order valence-corrected chi connectivity index (χ0v) is 12.6. The van der Waals surface area contributed by atoms with Crippen molar-refractivity contribution >= 4 is 0 Å². The molecule has 3 aliphatic rings. The van der Waals surface area contributed by atoms with Crippen molar-refractivity contribution in [2.45, 2.75) is 63.5 Å². The van der Waals surface area contributed by atoms with E-state index < -0.39 is 0 Å². The molecule has 1 aliphatic heterocycles. The van der Waals surface area contributed by atoms with E-state index in [-0.39, 0.29) is 0 Å². The van der Waals surface area contributed by atoms with Crippen LogP contribution in [0.5, 0.6) is 0 Å². The van der Waals surface area contributed by atoms with Gasteiger partial charge < -0.3 is 5.73 Å². The van der Waals surface area contributed by atoms with Gasteiger partial charge in [-0.2, -0.15) is 0 Å². The standard InChI is InChI=1S/C16H31N3/c1-14-3-2-7-16(13-17,8-6-14)19-11-9-18(10-12-19)15-4-5-15/h14-15H,2-13,17H2,1H3. The third kappa shape index (κ3) is 2.98. The second kappa shape index (κ2) is 5.71. The van der Waals surface area contributed by atoms with Crippen molar-refractivity contribution in [2.75, 3.05) is 32.7 Å². The summed E-state index contributed by atoms with van der Waals surface area (Å²) in [5, 5.41) is 0. The summed E-state index contributed by atoms with van der Waals surface area (Å²) in [6.07, 6.45) is 9.70. The predicted molar refractivity (Wildman–Crippen MR) is 80.2 cm³/mol. The van der Waals surface area contributed by atoms with Crippen molar-refractivity contribution in [1.82, 2.24) is 9.80 Å². The highest BCUT2D eigenvalue weighted by Gasteiger charge is 2.40. The molecule has 0 amide bonds. The average Bonchev–Trinajstić information content (AvgIpc) is 3.27. The largest absolute Gasteiger partial charge is 0.329 e. The molecule has 2 saturated carbocycles. The minimum atomic E-state index is 0.334. The van der Waals surface area contributed by atoms with Gasteiger partial charge >= 0.3 is 0 Å². The van der Waals surface area contributed by atoms with E-state index >= 15 is 0 Å². The van der Waals surface area contributed by atoms with Crippen LogP contribution >= 0.6 is 0 Å². The molecule has 2 N–H and O–H groups in total. The number of nitrogens with two attached hydrogens (primary N) is 1. The highest BCUT2D eigenvalue weighted by molar-refractivity contribution is 4.97. The molecule has 3 nitrogen and oxygen atoms in total. The molecule has 3 fully saturated rings. The molecule has 1 saturated heterocycles. The second-order valence-electron chi connectivity index (χ2n) is 7.22. The number of nitrogens with zero attached hydrogens (tertiary/aromatic N) is 2. The minimum absolute atomic E-state index is 0.334. The summed E-state index contributed by atoms with van der Waals surface area (Å²) in [7, 11) is 0. The fourth-order valence-electron chi connectivity index (χ4n) is 4.21. The van der Waals surface area contributed by atoms with Gasteiger partial charge in [-0.25, -0.2) is 0 Å². The first-order valence-corrected chi connectivity index (χ1v) is 8.43. The average molecular weight is 265 g/mol. The lowest BCUT2D eigenvalue weighted by molar-refractivity contribution is 0.0233. The molecule has 110 valence electrons. The quantitative estimate of drug-likeness (QED) is 0.793. The summed E-state index contributed by atoms with van der Waals surface area (Å²) < 4.78 is 0. The van der Waals surface area contributed by atoms with Gasteiger partial charge in [-0.3, -0.25) is 9.80 Å². The summed E-state index contributed by atoms with van der Waals surface area (Å²) in [4.78, 5) is 5.46.